The maximum atomic E-state index is 2.63. The lowest BCUT2D eigenvalue weighted by Crippen LogP contribution is -2.51. The van der Waals surface area contributed by atoms with Crippen LogP contribution in [-0.4, -0.2) is 13.4 Å². The molecule has 104 heavy (non-hydrogen) atoms. The van der Waals surface area contributed by atoms with Crippen LogP contribution in [0, 0.1) is 27.7 Å². The zero-order chi connectivity index (χ0) is 70.4. The first-order valence-electron chi connectivity index (χ1n) is 36.9. The number of hydrogen-bond acceptors (Lipinski definition) is 4. The summed E-state index contributed by atoms with van der Waals surface area (Å²) in [5.41, 5.74) is 34.5. The molecule has 2 heterocycles. The molecule has 16 aromatic rings. The van der Waals surface area contributed by atoms with Crippen molar-refractivity contribution in [1.29, 1.82) is 0 Å². The number of rotatable bonds is 16. The first-order chi connectivity index (χ1) is 50.9. The van der Waals surface area contributed by atoms with E-state index >= 15 is 0 Å². The number of fused-ring (bicyclic) bond motifs is 6. The maximum Gasteiger partial charge on any atom is 0.244 e. The maximum absolute atomic E-state index is 2.63. The summed E-state index contributed by atoms with van der Waals surface area (Å²) in [5.74, 6) is 0.454. The van der Waals surface area contributed by atoms with E-state index in [9.17, 15) is 0 Å². The van der Waals surface area contributed by atoms with Gasteiger partial charge in [0.25, 0.3) is 0 Å². The summed E-state index contributed by atoms with van der Waals surface area (Å²) in [7, 11) is 0. The van der Waals surface area contributed by atoms with Gasteiger partial charge in [0.15, 0.2) is 0 Å². The minimum absolute atomic E-state index is 0.0852. The van der Waals surface area contributed by atoms with E-state index in [2.05, 4.69) is 403 Å². The standard InChI is InChI=1S/C98H80B2N4/c1-63(2)85-61-91(99-95-65(5)53-77(101(69-33-17-9-18-34-69)70-35-19-10-20-36-70)57-87(95)88-58-78(54-66(6)96(88)99)102(71-37-21-11-22-38-71)72-39-23-12-24-40-72)83-52-50-82-86(64(3)4)62-92(84-51-49-81(85)93(83)94(82)84)100-97-67(7)55-79(103(73-41-25-13-26-42-73)74-43-27-14-28-44-74)59-89(97)90-60-80(56-68(8)98(90)100)104(75-45-29-15-30-46-75)76-47-31-16-32-48-76/h9-64H,1-8H3. The first-order valence-corrected chi connectivity index (χ1v) is 36.9. The molecule has 2 aliphatic rings. The van der Waals surface area contributed by atoms with Crippen molar-refractivity contribution in [1.82, 2.24) is 0 Å². The Morgan fingerprint density at radius 3 is 0.596 bits per heavy atom. The molecule has 4 nitrogen and oxygen atoms in total. The van der Waals surface area contributed by atoms with E-state index in [1.54, 1.807) is 0 Å². The minimum Gasteiger partial charge on any atom is -0.310 e. The number of aryl methyl sites for hydroxylation is 4. The fourth-order valence-corrected chi connectivity index (χ4v) is 17.9. The second-order valence-electron chi connectivity index (χ2n) is 29.3. The van der Waals surface area contributed by atoms with Crippen LogP contribution in [-0.2, 0) is 0 Å². The molecule has 0 amide bonds. The minimum atomic E-state index is -0.0852. The van der Waals surface area contributed by atoms with Crippen LogP contribution in [0.2, 0.25) is 0 Å². The number of benzene rings is 16. The molecule has 2 aliphatic heterocycles. The highest BCUT2D eigenvalue weighted by Gasteiger charge is 2.42. The SMILES string of the molecule is Cc1cc(N(c2ccccc2)c2ccccc2)cc2c1B(c1cc(C(C)C)c3ccc4c(B5c6c(C)cc(N(c7ccccc7)c7ccccc7)cc6-c6cc(N(c7ccccc7)c7ccccc7)cc(C)c65)cc(C(C)C)c5ccc1c3c45)c1c(C)cc(N(c3ccccc3)c3ccccc3)cc1-2. The lowest BCUT2D eigenvalue weighted by Gasteiger charge is -2.28. The average molecular weight is 1340 g/mol. The third-order valence-electron chi connectivity index (χ3n) is 22.3. The van der Waals surface area contributed by atoms with E-state index in [4.69, 9.17) is 0 Å². The van der Waals surface area contributed by atoms with Crippen molar-refractivity contribution in [3.05, 3.63) is 361 Å². The average Bonchev–Trinajstić information content (AvgIpc) is 1.69. The molecule has 0 saturated heterocycles. The molecule has 0 atom stereocenters. The number of nitrogens with zero attached hydrogens (tertiary/aromatic N) is 4. The van der Waals surface area contributed by atoms with E-state index in [1.807, 2.05) is 0 Å². The van der Waals surface area contributed by atoms with Gasteiger partial charge in [-0.1, -0.05) is 265 Å². The van der Waals surface area contributed by atoms with E-state index < -0.39 is 0 Å². The molecular formula is C98H80B2N4. The van der Waals surface area contributed by atoms with Crippen LogP contribution in [0.4, 0.5) is 68.2 Å². The monoisotopic (exact) mass is 1330 g/mol. The normalized spacial score (nSPS) is 12.2. The molecular weight excluding hydrogens is 1250 g/mol. The van der Waals surface area contributed by atoms with Gasteiger partial charge in [-0.2, -0.15) is 0 Å². The summed E-state index contributed by atoms with van der Waals surface area (Å²) in [4.78, 5) is 9.74. The molecule has 6 heteroatoms. The molecule has 0 radical (unpaired) electrons. The lowest BCUT2D eigenvalue weighted by molar-refractivity contribution is 0.877. The van der Waals surface area contributed by atoms with Gasteiger partial charge in [-0.25, -0.2) is 0 Å². The van der Waals surface area contributed by atoms with Crippen LogP contribution >= 0.6 is 0 Å². The molecule has 0 aromatic heterocycles. The molecule has 0 bridgehead atoms. The molecule has 0 N–H and O–H groups in total. The Morgan fingerprint density at radius 2 is 0.404 bits per heavy atom. The van der Waals surface area contributed by atoms with Crippen molar-refractivity contribution in [3.63, 3.8) is 0 Å². The van der Waals surface area contributed by atoms with Crippen LogP contribution in [0.5, 0.6) is 0 Å². The molecule has 0 aliphatic carbocycles. The zero-order valence-corrected chi connectivity index (χ0v) is 60.3. The van der Waals surface area contributed by atoms with Crippen molar-refractivity contribution in [3.8, 4) is 22.3 Å². The van der Waals surface area contributed by atoms with E-state index in [0.717, 1.165) is 68.2 Å². The van der Waals surface area contributed by atoms with E-state index in [-0.39, 0.29) is 25.3 Å². The van der Waals surface area contributed by atoms with Gasteiger partial charge in [0.1, 0.15) is 0 Å². The summed E-state index contributed by atoms with van der Waals surface area (Å²) in [5, 5.41) is 8.02. The Hall–Kier alpha value is -12.1. The molecule has 18 rings (SSSR count). The van der Waals surface area contributed by atoms with Crippen LogP contribution < -0.4 is 52.4 Å². The highest BCUT2D eigenvalue weighted by atomic mass is 15.2. The predicted octanol–water partition coefficient (Wildman–Crippen LogP) is 22.9. The molecule has 498 valence electrons. The molecule has 0 saturated carbocycles. The smallest absolute Gasteiger partial charge is 0.244 e. The lowest BCUT2D eigenvalue weighted by atomic mass is 9.36. The van der Waals surface area contributed by atoms with Gasteiger partial charge in [0, 0.05) is 68.2 Å². The summed E-state index contributed by atoms with van der Waals surface area (Å²) in [6, 6.07) is 122. The van der Waals surface area contributed by atoms with Gasteiger partial charge < -0.3 is 19.6 Å². The van der Waals surface area contributed by atoms with Gasteiger partial charge >= 0.3 is 0 Å². The fourth-order valence-electron chi connectivity index (χ4n) is 17.9. The Balaban J connectivity index is 0.899. The van der Waals surface area contributed by atoms with Crippen molar-refractivity contribution in [2.24, 2.45) is 0 Å². The highest BCUT2D eigenvalue weighted by Crippen LogP contribution is 2.47. The van der Waals surface area contributed by atoms with Crippen LogP contribution in [0.1, 0.15) is 72.9 Å². The van der Waals surface area contributed by atoms with E-state index in [1.165, 1.54) is 121 Å². The Bertz CT molecular complexity index is 5110. The number of para-hydroxylation sites is 8. The largest absolute Gasteiger partial charge is 0.310 e. The molecule has 16 aromatic carbocycles. The number of anilines is 12. The van der Waals surface area contributed by atoms with Crippen LogP contribution in [0.3, 0.4) is 0 Å². The van der Waals surface area contributed by atoms with Crippen molar-refractivity contribution >= 4 is 147 Å². The second-order valence-corrected chi connectivity index (χ2v) is 29.3. The molecule has 0 unspecified atom stereocenters. The summed E-state index contributed by atoms with van der Waals surface area (Å²) >= 11 is 0. The van der Waals surface area contributed by atoms with Crippen LogP contribution in [0.25, 0.3) is 54.6 Å². The Labute approximate surface area is 612 Å². The molecule has 0 fully saturated rings. The quantitative estimate of drug-likeness (QED) is 0.0706. The number of hydrogen-bond donors (Lipinski definition) is 0. The van der Waals surface area contributed by atoms with Crippen molar-refractivity contribution < 1.29 is 0 Å². The second kappa shape index (κ2) is 26.1. The van der Waals surface area contributed by atoms with E-state index in [0.29, 0.717) is 0 Å². The third kappa shape index (κ3) is 10.7. The molecule has 0 spiro atoms. The summed E-state index contributed by atoms with van der Waals surface area (Å²) < 4.78 is 0. The van der Waals surface area contributed by atoms with Gasteiger partial charge in [-0.05, 0) is 251 Å². The Kier molecular flexibility index (Phi) is 16.0. The zero-order valence-electron chi connectivity index (χ0n) is 60.3. The summed E-state index contributed by atoms with van der Waals surface area (Å²) in [6.45, 7) is 19.0. The highest BCUT2D eigenvalue weighted by molar-refractivity contribution is 7.02. The van der Waals surface area contributed by atoms with Gasteiger partial charge in [-0.3, -0.25) is 0 Å². The summed E-state index contributed by atoms with van der Waals surface area (Å²) in [6.07, 6.45) is 0. The van der Waals surface area contributed by atoms with Gasteiger partial charge in [-0.15, -0.1) is 0 Å². The first kappa shape index (κ1) is 64.0. The topological polar surface area (TPSA) is 13.0 Å². The predicted molar refractivity (Wildman–Crippen MR) is 449 cm³/mol. The third-order valence-corrected chi connectivity index (χ3v) is 22.3. The van der Waals surface area contributed by atoms with Gasteiger partial charge in [0.2, 0.25) is 13.4 Å². The van der Waals surface area contributed by atoms with Crippen molar-refractivity contribution in [2.75, 3.05) is 19.6 Å². The van der Waals surface area contributed by atoms with Gasteiger partial charge in [0.05, 0.1) is 0 Å². The fraction of sp³-hybridized carbons (Fsp3) is 0.102. The van der Waals surface area contributed by atoms with Crippen molar-refractivity contribution in [2.45, 2.75) is 67.2 Å². The van der Waals surface area contributed by atoms with Crippen LogP contribution in [0.15, 0.2) is 328 Å². The Morgan fingerprint density at radius 1 is 0.212 bits per heavy atom.